The van der Waals surface area contributed by atoms with Crippen molar-refractivity contribution in [2.75, 3.05) is 6.61 Å². The lowest BCUT2D eigenvalue weighted by Crippen LogP contribution is -2.41. The van der Waals surface area contributed by atoms with Gasteiger partial charge in [-0.25, -0.2) is 4.98 Å². The number of fused-ring (bicyclic) bond motifs is 1. The summed E-state index contributed by atoms with van der Waals surface area (Å²) >= 11 is 0. The fraction of sp³-hybridized carbons (Fsp3) is 0.294. The summed E-state index contributed by atoms with van der Waals surface area (Å²) in [6, 6.07) is 7.59. The Bertz CT molecular complexity index is 823. The first-order chi connectivity index (χ1) is 11.8. The Kier molecular flexibility index (Phi) is 4.66. The van der Waals surface area contributed by atoms with E-state index in [2.05, 4.69) is 4.98 Å². The Morgan fingerprint density at radius 2 is 2.08 bits per heavy atom. The molecule has 2 heterocycles. The number of alkyl halides is 3. The molecule has 3 rings (SSSR count). The minimum absolute atomic E-state index is 0.193. The molecule has 8 heteroatoms. The van der Waals surface area contributed by atoms with Crippen LogP contribution in [-0.4, -0.2) is 29.5 Å². The van der Waals surface area contributed by atoms with Crippen LogP contribution in [0.15, 0.2) is 30.3 Å². The van der Waals surface area contributed by atoms with Gasteiger partial charge in [0.15, 0.2) is 11.5 Å². The van der Waals surface area contributed by atoms with Gasteiger partial charge in [0.05, 0.1) is 0 Å². The van der Waals surface area contributed by atoms with E-state index in [1.54, 1.807) is 18.2 Å². The maximum absolute atomic E-state index is 13.1. The van der Waals surface area contributed by atoms with Crippen LogP contribution in [0.1, 0.15) is 32.9 Å². The molecule has 0 atom stereocenters. The molecular weight excluding hydrogens is 334 g/mol. The lowest BCUT2D eigenvalue weighted by molar-refractivity contribution is -0.141. The Morgan fingerprint density at radius 1 is 1.32 bits per heavy atom. The van der Waals surface area contributed by atoms with Crippen molar-refractivity contribution >= 4 is 18.4 Å². The fourth-order valence-electron chi connectivity index (χ4n) is 2.86. The smallest absolute Gasteiger partial charge is 0.423 e. The molecule has 1 N–H and O–H groups in total. The standard InChI is InChI=1S/C17H15BF3NO3/c1-10-2-5-13(16(22-10)17(19,20)21)15(23)9-11-3-4-12-6-7-25-18(24)14(12)8-11/h2-5,8,24H,6-7,9H2,1H3. The van der Waals surface area contributed by atoms with Crippen LogP contribution in [0.3, 0.4) is 0 Å². The van der Waals surface area contributed by atoms with E-state index in [1.807, 2.05) is 0 Å². The van der Waals surface area contributed by atoms with E-state index in [0.717, 1.165) is 11.6 Å². The molecule has 0 fully saturated rings. The van der Waals surface area contributed by atoms with Crippen LogP contribution in [0, 0.1) is 6.92 Å². The fourth-order valence-corrected chi connectivity index (χ4v) is 2.86. The second kappa shape index (κ2) is 6.61. The highest BCUT2D eigenvalue weighted by molar-refractivity contribution is 6.60. The topological polar surface area (TPSA) is 59.4 Å². The van der Waals surface area contributed by atoms with Crippen LogP contribution in [0.2, 0.25) is 0 Å². The van der Waals surface area contributed by atoms with Gasteiger partial charge in [0.1, 0.15) is 0 Å². The summed E-state index contributed by atoms with van der Waals surface area (Å²) in [5, 5.41) is 9.85. The first-order valence-electron chi connectivity index (χ1n) is 7.75. The molecule has 25 heavy (non-hydrogen) atoms. The van der Waals surface area contributed by atoms with E-state index in [-0.39, 0.29) is 12.1 Å². The normalized spacial score (nSPS) is 14.4. The first-order valence-corrected chi connectivity index (χ1v) is 7.75. The number of carbonyl (C=O) groups excluding carboxylic acids is 1. The largest absolute Gasteiger partial charge is 0.491 e. The van der Waals surface area contributed by atoms with Crippen molar-refractivity contribution in [3.63, 3.8) is 0 Å². The summed E-state index contributed by atoms with van der Waals surface area (Å²) < 4.78 is 44.6. The maximum atomic E-state index is 13.1. The summed E-state index contributed by atoms with van der Waals surface area (Å²) in [6.07, 6.45) is -4.27. The predicted octanol–water partition coefficient (Wildman–Crippen LogP) is 2.09. The molecule has 0 aliphatic carbocycles. The van der Waals surface area contributed by atoms with E-state index in [4.69, 9.17) is 4.65 Å². The summed E-state index contributed by atoms with van der Waals surface area (Å²) in [6.45, 7) is 1.84. The lowest BCUT2D eigenvalue weighted by atomic mass is 9.72. The summed E-state index contributed by atoms with van der Waals surface area (Å²) in [7, 11) is -1.08. The van der Waals surface area contributed by atoms with Crippen molar-refractivity contribution in [2.24, 2.45) is 0 Å². The molecule has 1 aliphatic rings. The predicted molar refractivity (Wildman–Crippen MR) is 85.7 cm³/mol. The summed E-state index contributed by atoms with van der Waals surface area (Å²) in [5.41, 5.74) is 0.545. The highest BCUT2D eigenvalue weighted by Crippen LogP contribution is 2.31. The third-order valence-corrected chi connectivity index (χ3v) is 4.09. The molecule has 0 unspecified atom stereocenters. The average Bonchev–Trinajstić information content (AvgIpc) is 2.54. The number of hydrogen-bond donors (Lipinski definition) is 1. The van der Waals surface area contributed by atoms with Crippen LogP contribution in [0.5, 0.6) is 0 Å². The first kappa shape index (κ1) is 17.6. The number of rotatable bonds is 3. The van der Waals surface area contributed by atoms with Crippen molar-refractivity contribution in [1.82, 2.24) is 4.98 Å². The van der Waals surface area contributed by atoms with Crippen LogP contribution in [0.25, 0.3) is 0 Å². The molecule has 0 bridgehead atoms. The van der Waals surface area contributed by atoms with Gasteiger partial charge in [-0.1, -0.05) is 18.2 Å². The van der Waals surface area contributed by atoms with Gasteiger partial charge in [0, 0.05) is 24.3 Å². The van der Waals surface area contributed by atoms with E-state index in [1.165, 1.54) is 13.0 Å². The Balaban J connectivity index is 1.90. The second-order valence-corrected chi connectivity index (χ2v) is 5.95. The molecule has 0 spiro atoms. The number of nitrogens with zero attached hydrogens (tertiary/aromatic N) is 1. The highest BCUT2D eigenvalue weighted by atomic mass is 19.4. The number of aryl methyl sites for hydroxylation is 1. The third-order valence-electron chi connectivity index (χ3n) is 4.09. The minimum Gasteiger partial charge on any atom is -0.423 e. The van der Waals surface area contributed by atoms with Crippen molar-refractivity contribution in [2.45, 2.75) is 25.9 Å². The molecule has 2 aromatic rings. The second-order valence-electron chi connectivity index (χ2n) is 5.95. The quantitative estimate of drug-likeness (QED) is 0.681. The van der Waals surface area contributed by atoms with E-state index >= 15 is 0 Å². The van der Waals surface area contributed by atoms with Crippen LogP contribution < -0.4 is 5.46 Å². The number of ketones is 1. The Morgan fingerprint density at radius 3 is 2.80 bits per heavy atom. The van der Waals surface area contributed by atoms with Gasteiger partial charge in [-0.05, 0) is 42.1 Å². The van der Waals surface area contributed by atoms with Gasteiger partial charge < -0.3 is 9.68 Å². The Labute approximate surface area is 142 Å². The number of carbonyl (C=O) groups is 1. The van der Waals surface area contributed by atoms with Gasteiger partial charge in [-0.2, -0.15) is 13.2 Å². The van der Waals surface area contributed by atoms with E-state index < -0.39 is 30.3 Å². The zero-order valence-electron chi connectivity index (χ0n) is 13.4. The minimum atomic E-state index is -4.70. The van der Waals surface area contributed by atoms with Gasteiger partial charge in [0.2, 0.25) is 0 Å². The lowest BCUT2D eigenvalue weighted by Gasteiger charge is -2.19. The van der Waals surface area contributed by atoms with Crippen molar-refractivity contribution in [3.8, 4) is 0 Å². The number of Topliss-reactive ketones (excluding diaryl/α,β-unsaturated/α-hetero) is 1. The van der Waals surface area contributed by atoms with Gasteiger partial charge >= 0.3 is 13.3 Å². The van der Waals surface area contributed by atoms with Crippen LogP contribution in [0.4, 0.5) is 13.2 Å². The summed E-state index contributed by atoms with van der Waals surface area (Å²) in [4.78, 5) is 15.9. The maximum Gasteiger partial charge on any atom is 0.491 e. The zero-order valence-corrected chi connectivity index (χ0v) is 13.4. The molecular formula is C17H15BF3NO3. The molecule has 1 aromatic carbocycles. The number of benzene rings is 1. The van der Waals surface area contributed by atoms with Crippen molar-refractivity contribution < 1.29 is 27.6 Å². The molecule has 1 aromatic heterocycles. The Hall–Kier alpha value is -2.19. The molecule has 4 nitrogen and oxygen atoms in total. The average molecular weight is 349 g/mol. The number of pyridine rings is 1. The zero-order chi connectivity index (χ0) is 18.2. The van der Waals surface area contributed by atoms with Gasteiger partial charge in [0.25, 0.3) is 0 Å². The van der Waals surface area contributed by atoms with Crippen LogP contribution >= 0.6 is 0 Å². The highest BCUT2D eigenvalue weighted by Gasteiger charge is 2.37. The SMILES string of the molecule is Cc1ccc(C(=O)Cc2ccc3c(c2)B(O)OCC3)c(C(F)(F)F)n1. The summed E-state index contributed by atoms with van der Waals surface area (Å²) in [5.74, 6) is -0.675. The molecule has 1 aliphatic heterocycles. The number of halogens is 3. The molecule has 0 amide bonds. The molecule has 130 valence electrons. The third kappa shape index (κ3) is 3.75. The molecule has 0 saturated carbocycles. The molecule has 0 radical (unpaired) electrons. The van der Waals surface area contributed by atoms with Crippen molar-refractivity contribution in [1.29, 1.82) is 0 Å². The van der Waals surface area contributed by atoms with Crippen LogP contribution in [-0.2, 0) is 23.7 Å². The van der Waals surface area contributed by atoms with Crippen molar-refractivity contribution in [3.05, 3.63) is 58.4 Å². The van der Waals surface area contributed by atoms with Gasteiger partial charge in [-0.15, -0.1) is 0 Å². The van der Waals surface area contributed by atoms with E-state index in [0.29, 0.717) is 24.1 Å². The number of aromatic nitrogens is 1. The van der Waals surface area contributed by atoms with E-state index in [9.17, 15) is 23.0 Å². The molecule has 0 saturated heterocycles. The number of hydrogen-bond acceptors (Lipinski definition) is 4. The van der Waals surface area contributed by atoms with Gasteiger partial charge in [-0.3, -0.25) is 4.79 Å². The monoisotopic (exact) mass is 349 g/mol.